The van der Waals surface area contributed by atoms with Gasteiger partial charge in [-0.1, -0.05) is 0 Å². The van der Waals surface area contributed by atoms with E-state index in [1.54, 1.807) is 23.7 Å². The second-order valence-corrected chi connectivity index (χ2v) is 4.47. The maximum atomic E-state index is 12.0. The van der Waals surface area contributed by atoms with Gasteiger partial charge in [0.25, 0.3) is 11.8 Å². The summed E-state index contributed by atoms with van der Waals surface area (Å²) in [4.78, 5) is 24.1. The minimum absolute atomic E-state index is 0.197. The van der Waals surface area contributed by atoms with Crippen LogP contribution in [0.15, 0.2) is 24.8 Å². The first kappa shape index (κ1) is 13.9. The van der Waals surface area contributed by atoms with Crippen molar-refractivity contribution in [1.82, 2.24) is 34.9 Å². The topological polar surface area (TPSA) is 107 Å². The van der Waals surface area contributed by atoms with E-state index in [1.807, 2.05) is 0 Å². The molecule has 22 heavy (non-hydrogen) atoms. The number of fused-ring (bicyclic) bond motifs is 1. The van der Waals surface area contributed by atoms with E-state index < -0.39 is 0 Å². The van der Waals surface area contributed by atoms with Crippen LogP contribution in [0.2, 0.25) is 0 Å². The first-order valence-corrected chi connectivity index (χ1v) is 6.48. The van der Waals surface area contributed by atoms with Crippen LogP contribution in [0.4, 0.5) is 0 Å². The summed E-state index contributed by atoms with van der Waals surface area (Å²) in [6.45, 7) is 2.00. The lowest BCUT2D eigenvalue weighted by Gasteiger charge is -2.04. The summed E-state index contributed by atoms with van der Waals surface area (Å²) >= 11 is 0. The molecule has 112 valence electrons. The number of nitrogens with one attached hydrogen (secondary N) is 1. The number of ether oxygens (including phenoxy) is 1. The maximum Gasteiger partial charge on any atom is 0.271 e. The molecule has 1 N–H and O–H groups in total. The largest absolute Gasteiger partial charge is 0.478 e. The number of methoxy groups -OCH3 is 1. The standard InChI is InChI=1S/C13H13N7O2/c1-8-5-16-9(6-15-8)12(21)17-7-10-18-19-11-13(22-2)14-3-4-20(10)11/h3-6H,7H2,1-2H3,(H,17,21). The summed E-state index contributed by atoms with van der Waals surface area (Å²) in [6, 6.07) is 0. The zero-order valence-corrected chi connectivity index (χ0v) is 12.0. The number of carbonyl (C=O) groups excluding carboxylic acids is 1. The Morgan fingerprint density at radius 1 is 1.27 bits per heavy atom. The molecule has 0 bridgehead atoms. The summed E-state index contributed by atoms with van der Waals surface area (Å²) < 4.78 is 6.81. The first-order chi connectivity index (χ1) is 10.7. The lowest BCUT2D eigenvalue weighted by Crippen LogP contribution is -2.25. The van der Waals surface area contributed by atoms with Crippen molar-refractivity contribution < 1.29 is 9.53 Å². The van der Waals surface area contributed by atoms with Gasteiger partial charge in [0.05, 0.1) is 25.5 Å². The van der Waals surface area contributed by atoms with Gasteiger partial charge in [-0.25, -0.2) is 9.97 Å². The van der Waals surface area contributed by atoms with Crippen LogP contribution in [0.3, 0.4) is 0 Å². The fourth-order valence-electron chi connectivity index (χ4n) is 1.88. The van der Waals surface area contributed by atoms with E-state index in [0.29, 0.717) is 17.4 Å². The Labute approximate surface area is 125 Å². The number of rotatable bonds is 4. The minimum Gasteiger partial charge on any atom is -0.478 e. The number of nitrogens with zero attached hydrogens (tertiary/aromatic N) is 6. The van der Waals surface area contributed by atoms with Crippen LogP contribution in [0.1, 0.15) is 22.0 Å². The first-order valence-electron chi connectivity index (χ1n) is 6.48. The second kappa shape index (κ2) is 5.72. The van der Waals surface area contributed by atoms with E-state index in [4.69, 9.17) is 4.74 Å². The lowest BCUT2D eigenvalue weighted by molar-refractivity contribution is 0.0944. The smallest absolute Gasteiger partial charge is 0.271 e. The minimum atomic E-state index is -0.328. The third-order valence-electron chi connectivity index (χ3n) is 2.98. The van der Waals surface area contributed by atoms with E-state index in [9.17, 15) is 4.79 Å². The summed E-state index contributed by atoms with van der Waals surface area (Å²) in [5, 5.41) is 10.7. The SMILES string of the molecule is COc1nccn2c(CNC(=O)c3cnc(C)cn3)nnc12. The molecular weight excluding hydrogens is 286 g/mol. The van der Waals surface area contributed by atoms with E-state index in [2.05, 4.69) is 30.5 Å². The number of hydrogen-bond acceptors (Lipinski definition) is 7. The third-order valence-corrected chi connectivity index (χ3v) is 2.98. The van der Waals surface area contributed by atoms with Crippen LogP contribution in [0.5, 0.6) is 5.88 Å². The highest BCUT2D eigenvalue weighted by Gasteiger charge is 2.13. The highest BCUT2D eigenvalue weighted by atomic mass is 16.5. The molecule has 0 aliphatic carbocycles. The number of hydrogen-bond donors (Lipinski definition) is 1. The summed E-state index contributed by atoms with van der Waals surface area (Å²) in [7, 11) is 1.51. The number of carbonyl (C=O) groups is 1. The predicted molar refractivity (Wildman–Crippen MR) is 75.3 cm³/mol. The van der Waals surface area contributed by atoms with Crippen molar-refractivity contribution in [2.45, 2.75) is 13.5 Å². The molecule has 0 radical (unpaired) electrons. The van der Waals surface area contributed by atoms with Gasteiger partial charge in [0.2, 0.25) is 5.65 Å². The Bertz CT molecular complexity index is 813. The normalized spacial score (nSPS) is 10.6. The van der Waals surface area contributed by atoms with E-state index in [-0.39, 0.29) is 18.1 Å². The van der Waals surface area contributed by atoms with Crippen molar-refractivity contribution in [3.63, 3.8) is 0 Å². The average Bonchev–Trinajstić information content (AvgIpc) is 2.96. The molecule has 3 aromatic heterocycles. The Balaban J connectivity index is 1.77. The molecule has 0 spiro atoms. The molecule has 0 saturated heterocycles. The van der Waals surface area contributed by atoms with Crippen molar-refractivity contribution in [2.24, 2.45) is 0 Å². The second-order valence-electron chi connectivity index (χ2n) is 4.47. The maximum absolute atomic E-state index is 12.0. The van der Waals surface area contributed by atoms with Gasteiger partial charge >= 0.3 is 0 Å². The van der Waals surface area contributed by atoms with Gasteiger partial charge in [0.15, 0.2) is 5.82 Å². The van der Waals surface area contributed by atoms with Crippen LogP contribution >= 0.6 is 0 Å². The van der Waals surface area contributed by atoms with Crippen molar-refractivity contribution in [3.05, 3.63) is 42.0 Å². The average molecular weight is 299 g/mol. The Kier molecular flexibility index (Phi) is 3.60. The molecular formula is C13H13N7O2. The fraction of sp³-hybridized carbons (Fsp3) is 0.231. The van der Waals surface area contributed by atoms with Crippen LogP contribution < -0.4 is 10.1 Å². The van der Waals surface area contributed by atoms with Crippen molar-refractivity contribution in [3.8, 4) is 5.88 Å². The fourth-order valence-corrected chi connectivity index (χ4v) is 1.88. The highest BCUT2D eigenvalue weighted by Crippen LogP contribution is 2.13. The molecule has 3 rings (SSSR count). The molecule has 0 fully saturated rings. The van der Waals surface area contributed by atoms with E-state index >= 15 is 0 Å². The number of amides is 1. The Hall–Kier alpha value is -3.10. The molecule has 0 aliphatic heterocycles. The zero-order valence-electron chi connectivity index (χ0n) is 12.0. The summed E-state index contributed by atoms with van der Waals surface area (Å²) in [6.07, 6.45) is 6.24. The number of aromatic nitrogens is 6. The Morgan fingerprint density at radius 3 is 2.86 bits per heavy atom. The van der Waals surface area contributed by atoms with E-state index in [0.717, 1.165) is 5.69 Å². The molecule has 3 heterocycles. The molecule has 0 unspecified atom stereocenters. The molecule has 0 atom stereocenters. The van der Waals surface area contributed by atoms with Gasteiger partial charge < -0.3 is 10.1 Å². The molecule has 9 nitrogen and oxygen atoms in total. The van der Waals surface area contributed by atoms with Gasteiger partial charge in [-0.3, -0.25) is 14.2 Å². The molecule has 9 heteroatoms. The lowest BCUT2D eigenvalue weighted by atomic mass is 10.4. The molecule has 3 aromatic rings. The highest BCUT2D eigenvalue weighted by molar-refractivity contribution is 5.91. The van der Waals surface area contributed by atoms with Gasteiger partial charge in [-0.05, 0) is 6.92 Å². The molecule has 0 aliphatic rings. The zero-order chi connectivity index (χ0) is 15.5. The van der Waals surface area contributed by atoms with E-state index in [1.165, 1.54) is 19.5 Å². The van der Waals surface area contributed by atoms with Crippen molar-refractivity contribution in [1.29, 1.82) is 0 Å². The van der Waals surface area contributed by atoms with Crippen molar-refractivity contribution >= 4 is 11.6 Å². The van der Waals surface area contributed by atoms with Crippen LogP contribution in [0.25, 0.3) is 5.65 Å². The molecule has 0 aromatic carbocycles. The number of aryl methyl sites for hydroxylation is 1. The van der Waals surface area contributed by atoms with Gasteiger partial charge in [0, 0.05) is 18.6 Å². The van der Waals surface area contributed by atoms with Gasteiger partial charge in [0.1, 0.15) is 5.69 Å². The van der Waals surface area contributed by atoms with Crippen LogP contribution in [-0.2, 0) is 6.54 Å². The third kappa shape index (κ3) is 2.55. The summed E-state index contributed by atoms with van der Waals surface area (Å²) in [5.41, 5.74) is 1.49. The summed E-state index contributed by atoms with van der Waals surface area (Å²) in [5.74, 6) is 0.603. The van der Waals surface area contributed by atoms with Crippen LogP contribution in [-0.4, -0.2) is 42.6 Å². The van der Waals surface area contributed by atoms with Crippen LogP contribution in [0, 0.1) is 6.92 Å². The Morgan fingerprint density at radius 2 is 2.14 bits per heavy atom. The van der Waals surface area contributed by atoms with Gasteiger partial charge in [-0.2, -0.15) is 0 Å². The monoisotopic (exact) mass is 299 g/mol. The molecule has 0 saturated carbocycles. The van der Waals surface area contributed by atoms with Crippen molar-refractivity contribution in [2.75, 3.05) is 7.11 Å². The molecule has 1 amide bonds. The van der Waals surface area contributed by atoms with Gasteiger partial charge in [-0.15, -0.1) is 10.2 Å². The predicted octanol–water partition coefficient (Wildman–Crippen LogP) is 0.161. The quantitative estimate of drug-likeness (QED) is 0.731.